The summed E-state index contributed by atoms with van der Waals surface area (Å²) in [5.74, 6) is 7.27. The molecule has 3 N–H and O–H groups in total. The van der Waals surface area contributed by atoms with Crippen LogP contribution in [0.2, 0.25) is 0 Å². The summed E-state index contributed by atoms with van der Waals surface area (Å²) < 4.78 is 37.8. The second-order valence-electron chi connectivity index (χ2n) is 5.55. The number of hydrogen-bond donors (Lipinski definition) is 2. The lowest BCUT2D eigenvalue weighted by Crippen LogP contribution is -2.35. The van der Waals surface area contributed by atoms with Crippen LogP contribution in [0.25, 0.3) is 0 Å². The molecule has 0 amide bonds. The molecule has 0 radical (unpaired) electrons. The standard InChI is InChI=1S/C12H16F3N3S/c13-12(14,15)11-17-5-9(19-11)10(18-16)8-4-6-1-2-7(8)3-6/h5-8,10,18H,1-4,16H2. The van der Waals surface area contributed by atoms with Gasteiger partial charge in [0, 0.05) is 11.1 Å². The molecule has 2 bridgehead atoms. The van der Waals surface area contributed by atoms with Crippen LogP contribution in [0.3, 0.4) is 0 Å². The van der Waals surface area contributed by atoms with Crippen molar-refractivity contribution in [1.82, 2.24) is 10.4 Å². The number of hydrogen-bond acceptors (Lipinski definition) is 4. The number of halogens is 3. The Morgan fingerprint density at radius 3 is 2.63 bits per heavy atom. The molecule has 7 heteroatoms. The SMILES string of the molecule is NNC(c1cnc(C(F)(F)F)s1)C1CC2CCC1C2. The van der Waals surface area contributed by atoms with Crippen molar-refractivity contribution in [2.24, 2.45) is 23.6 Å². The topological polar surface area (TPSA) is 50.9 Å². The van der Waals surface area contributed by atoms with Gasteiger partial charge in [-0.15, -0.1) is 11.3 Å². The van der Waals surface area contributed by atoms with E-state index in [1.54, 1.807) is 0 Å². The van der Waals surface area contributed by atoms with Crippen molar-refractivity contribution in [2.75, 3.05) is 0 Å². The van der Waals surface area contributed by atoms with E-state index in [0.717, 1.165) is 12.3 Å². The van der Waals surface area contributed by atoms with Gasteiger partial charge in [-0.2, -0.15) is 13.2 Å². The van der Waals surface area contributed by atoms with Crippen LogP contribution in [0.1, 0.15) is 41.6 Å². The fraction of sp³-hybridized carbons (Fsp3) is 0.750. The zero-order valence-electron chi connectivity index (χ0n) is 10.3. The number of nitrogens with two attached hydrogens (primary N) is 1. The van der Waals surface area contributed by atoms with Gasteiger partial charge in [-0.1, -0.05) is 6.42 Å². The van der Waals surface area contributed by atoms with Crippen LogP contribution in [0.15, 0.2) is 6.20 Å². The number of nitrogens with zero attached hydrogens (tertiary/aromatic N) is 1. The van der Waals surface area contributed by atoms with Crippen molar-refractivity contribution < 1.29 is 13.2 Å². The molecule has 0 aromatic carbocycles. The first-order valence-corrected chi connectivity index (χ1v) is 7.29. The van der Waals surface area contributed by atoms with Crippen molar-refractivity contribution in [3.63, 3.8) is 0 Å². The molecule has 3 rings (SSSR count). The molecule has 1 aromatic rings. The third-order valence-electron chi connectivity index (χ3n) is 4.47. The highest BCUT2D eigenvalue weighted by molar-refractivity contribution is 7.11. The normalized spacial score (nSPS) is 31.9. The van der Waals surface area contributed by atoms with Gasteiger partial charge in [-0.3, -0.25) is 11.3 Å². The third-order valence-corrected chi connectivity index (χ3v) is 5.60. The average Bonchev–Trinajstić information content (AvgIpc) is 3.04. The van der Waals surface area contributed by atoms with Crippen molar-refractivity contribution in [1.29, 1.82) is 0 Å². The number of rotatable bonds is 3. The summed E-state index contributed by atoms with van der Waals surface area (Å²) in [5, 5.41) is -0.786. The second-order valence-corrected chi connectivity index (χ2v) is 6.61. The Morgan fingerprint density at radius 2 is 2.16 bits per heavy atom. The summed E-state index contributed by atoms with van der Waals surface area (Å²) in [6.45, 7) is 0. The lowest BCUT2D eigenvalue weighted by Gasteiger charge is -2.29. The van der Waals surface area contributed by atoms with Crippen LogP contribution in [0.4, 0.5) is 13.2 Å². The van der Waals surface area contributed by atoms with Gasteiger partial charge in [-0.25, -0.2) is 4.98 Å². The van der Waals surface area contributed by atoms with Gasteiger partial charge in [0.2, 0.25) is 0 Å². The van der Waals surface area contributed by atoms with Crippen molar-refractivity contribution in [3.8, 4) is 0 Å². The minimum atomic E-state index is -4.36. The van der Waals surface area contributed by atoms with Gasteiger partial charge in [0.25, 0.3) is 0 Å². The number of hydrazine groups is 1. The van der Waals surface area contributed by atoms with Crippen molar-refractivity contribution in [3.05, 3.63) is 16.1 Å². The molecule has 2 aliphatic rings. The number of alkyl halides is 3. The van der Waals surface area contributed by atoms with E-state index in [4.69, 9.17) is 5.84 Å². The third kappa shape index (κ3) is 2.39. The van der Waals surface area contributed by atoms with E-state index in [1.165, 1.54) is 25.5 Å². The number of aromatic nitrogens is 1. The maximum atomic E-state index is 12.6. The Morgan fingerprint density at radius 1 is 1.37 bits per heavy atom. The molecule has 19 heavy (non-hydrogen) atoms. The van der Waals surface area contributed by atoms with Crippen LogP contribution in [-0.2, 0) is 6.18 Å². The fourth-order valence-electron chi connectivity index (χ4n) is 3.68. The molecule has 2 saturated carbocycles. The van der Waals surface area contributed by atoms with Gasteiger partial charge in [-0.05, 0) is 37.0 Å². The molecule has 0 aliphatic heterocycles. The minimum absolute atomic E-state index is 0.191. The number of fused-ring (bicyclic) bond motifs is 2. The van der Waals surface area contributed by atoms with Crippen LogP contribution >= 0.6 is 11.3 Å². The lowest BCUT2D eigenvalue weighted by atomic mass is 9.83. The summed E-state index contributed by atoms with van der Waals surface area (Å²) >= 11 is 0.708. The van der Waals surface area contributed by atoms with E-state index in [0.29, 0.717) is 28.0 Å². The molecule has 4 atom stereocenters. The van der Waals surface area contributed by atoms with E-state index >= 15 is 0 Å². The molecular weight excluding hydrogens is 275 g/mol. The molecule has 0 spiro atoms. The number of nitrogens with one attached hydrogen (secondary N) is 1. The molecule has 1 aromatic heterocycles. The molecule has 3 nitrogen and oxygen atoms in total. The summed E-state index contributed by atoms with van der Waals surface area (Å²) in [6, 6.07) is -0.191. The van der Waals surface area contributed by atoms with Crippen LogP contribution in [-0.4, -0.2) is 4.98 Å². The summed E-state index contributed by atoms with van der Waals surface area (Å²) in [5.41, 5.74) is 2.71. The predicted octanol–water partition coefficient (Wildman–Crippen LogP) is 3.10. The van der Waals surface area contributed by atoms with E-state index < -0.39 is 11.2 Å². The summed E-state index contributed by atoms with van der Waals surface area (Å²) in [4.78, 5) is 4.09. The molecule has 4 unspecified atom stereocenters. The average molecular weight is 291 g/mol. The zero-order chi connectivity index (χ0) is 13.6. The van der Waals surface area contributed by atoms with E-state index in [2.05, 4.69) is 10.4 Å². The Kier molecular flexibility index (Phi) is 3.31. The molecule has 2 aliphatic carbocycles. The molecule has 2 fully saturated rings. The Hall–Kier alpha value is -0.660. The lowest BCUT2D eigenvalue weighted by molar-refractivity contribution is -0.137. The van der Waals surface area contributed by atoms with E-state index in [9.17, 15) is 13.2 Å². The Labute approximate surface area is 113 Å². The zero-order valence-corrected chi connectivity index (χ0v) is 11.1. The van der Waals surface area contributed by atoms with Crippen LogP contribution in [0, 0.1) is 17.8 Å². The maximum absolute atomic E-state index is 12.6. The van der Waals surface area contributed by atoms with Crippen LogP contribution < -0.4 is 11.3 Å². The van der Waals surface area contributed by atoms with Gasteiger partial charge in [0.05, 0.1) is 6.04 Å². The monoisotopic (exact) mass is 291 g/mol. The highest BCUT2D eigenvalue weighted by atomic mass is 32.1. The molecule has 0 saturated heterocycles. The largest absolute Gasteiger partial charge is 0.443 e. The minimum Gasteiger partial charge on any atom is -0.271 e. The maximum Gasteiger partial charge on any atom is 0.443 e. The first-order valence-electron chi connectivity index (χ1n) is 6.48. The number of thiazole rings is 1. The Balaban J connectivity index is 1.81. The van der Waals surface area contributed by atoms with Gasteiger partial charge < -0.3 is 0 Å². The second kappa shape index (κ2) is 4.71. The Bertz CT molecular complexity index is 459. The quantitative estimate of drug-likeness (QED) is 0.664. The summed E-state index contributed by atoms with van der Waals surface area (Å²) in [6.07, 6.45) is 1.67. The smallest absolute Gasteiger partial charge is 0.271 e. The van der Waals surface area contributed by atoms with Crippen molar-refractivity contribution in [2.45, 2.75) is 37.9 Å². The summed E-state index contributed by atoms with van der Waals surface area (Å²) in [7, 11) is 0. The fourth-order valence-corrected chi connectivity index (χ4v) is 4.60. The molecule has 106 valence electrons. The first-order chi connectivity index (χ1) is 8.99. The van der Waals surface area contributed by atoms with Crippen LogP contribution in [0.5, 0.6) is 0 Å². The van der Waals surface area contributed by atoms with Gasteiger partial charge in [0.1, 0.15) is 0 Å². The van der Waals surface area contributed by atoms with Gasteiger partial charge >= 0.3 is 6.18 Å². The van der Waals surface area contributed by atoms with Crippen molar-refractivity contribution >= 4 is 11.3 Å². The first kappa shape index (κ1) is 13.3. The molecular formula is C12H16F3N3S. The van der Waals surface area contributed by atoms with E-state index in [-0.39, 0.29) is 6.04 Å². The highest BCUT2D eigenvalue weighted by Crippen LogP contribution is 2.53. The van der Waals surface area contributed by atoms with E-state index in [1.807, 2.05) is 0 Å². The van der Waals surface area contributed by atoms with Gasteiger partial charge in [0.15, 0.2) is 5.01 Å². The highest BCUT2D eigenvalue weighted by Gasteiger charge is 2.44. The molecule has 1 heterocycles. The predicted molar refractivity (Wildman–Crippen MR) is 66.1 cm³/mol.